The van der Waals surface area contributed by atoms with Crippen molar-refractivity contribution in [3.63, 3.8) is 0 Å². The van der Waals surface area contributed by atoms with Crippen LogP contribution in [0.25, 0.3) is 11.1 Å². The normalized spacial score (nSPS) is 16.2. The molecule has 1 atom stereocenters. The second-order valence-electron chi connectivity index (χ2n) is 6.65. The van der Waals surface area contributed by atoms with Gasteiger partial charge in [-0.15, -0.1) is 0 Å². The van der Waals surface area contributed by atoms with Crippen LogP contribution in [0.15, 0.2) is 42.5 Å². The minimum absolute atomic E-state index is 0.171. The number of benzene rings is 2. The highest BCUT2D eigenvalue weighted by Gasteiger charge is 2.30. The maximum absolute atomic E-state index is 11.8. The molecule has 2 aromatic carbocycles. The zero-order chi connectivity index (χ0) is 16.4. The lowest BCUT2D eigenvalue weighted by molar-refractivity contribution is -0.109. The topological polar surface area (TPSA) is 20.3 Å². The highest BCUT2D eigenvalue weighted by molar-refractivity contribution is 5.90. The van der Waals surface area contributed by atoms with Crippen LogP contribution < -0.4 is 4.90 Å². The van der Waals surface area contributed by atoms with Crippen molar-refractivity contribution < 1.29 is 4.79 Å². The largest absolute Gasteiger partial charge is 0.357 e. The summed E-state index contributed by atoms with van der Waals surface area (Å²) in [6, 6.07) is 14.9. The number of fused-ring (bicyclic) bond motifs is 3. The van der Waals surface area contributed by atoms with Gasteiger partial charge in [-0.3, -0.25) is 0 Å². The van der Waals surface area contributed by atoms with Crippen LogP contribution in [0.4, 0.5) is 5.69 Å². The Morgan fingerprint density at radius 1 is 1.13 bits per heavy atom. The first kappa shape index (κ1) is 15.8. The van der Waals surface area contributed by atoms with Crippen molar-refractivity contribution in [3.05, 3.63) is 53.6 Å². The molecule has 1 aliphatic heterocycles. The third-order valence-corrected chi connectivity index (χ3v) is 4.78. The molecule has 0 saturated carbocycles. The van der Waals surface area contributed by atoms with Gasteiger partial charge in [0, 0.05) is 17.8 Å². The van der Waals surface area contributed by atoms with Gasteiger partial charge in [0.05, 0.1) is 0 Å². The summed E-state index contributed by atoms with van der Waals surface area (Å²) in [6.07, 6.45) is 3.31. The minimum atomic E-state index is -0.171. The first-order valence-electron chi connectivity index (χ1n) is 8.62. The van der Waals surface area contributed by atoms with E-state index in [0.717, 1.165) is 31.2 Å². The van der Waals surface area contributed by atoms with Gasteiger partial charge < -0.3 is 9.69 Å². The van der Waals surface area contributed by atoms with Crippen molar-refractivity contribution in [1.82, 2.24) is 0 Å². The molecule has 2 nitrogen and oxygen atoms in total. The highest BCUT2D eigenvalue weighted by atomic mass is 16.1. The van der Waals surface area contributed by atoms with E-state index in [1.54, 1.807) is 0 Å². The van der Waals surface area contributed by atoms with Crippen LogP contribution in [0.1, 0.15) is 56.7 Å². The van der Waals surface area contributed by atoms with E-state index in [2.05, 4.69) is 62.1 Å². The smallest absolute Gasteiger partial charge is 0.147 e. The van der Waals surface area contributed by atoms with Gasteiger partial charge in [0.1, 0.15) is 12.3 Å². The van der Waals surface area contributed by atoms with E-state index >= 15 is 0 Å². The molecule has 1 unspecified atom stereocenters. The number of carbonyl (C=O) groups is 1. The monoisotopic (exact) mass is 307 g/mol. The fraction of sp³-hybridized carbons (Fsp3) is 0.381. The van der Waals surface area contributed by atoms with E-state index < -0.39 is 0 Å². The van der Waals surface area contributed by atoms with Crippen molar-refractivity contribution >= 4 is 12.0 Å². The average Bonchev–Trinajstić information content (AvgIpc) is 2.58. The van der Waals surface area contributed by atoms with E-state index in [1.165, 1.54) is 22.4 Å². The zero-order valence-corrected chi connectivity index (χ0v) is 14.3. The predicted octanol–water partition coefficient (Wildman–Crippen LogP) is 5.34. The maximum Gasteiger partial charge on any atom is 0.147 e. The summed E-state index contributed by atoms with van der Waals surface area (Å²) < 4.78 is 0. The summed E-state index contributed by atoms with van der Waals surface area (Å²) in [5.74, 6) is 0.500. The number of anilines is 1. The third kappa shape index (κ3) is 2.78. The molecule has 0 aromatic heterocycles. The molecule has 1 aliphatic rings. The molecule has 2 heteroatoms. The fourth-order valence-electron chi connectivity index (χ4n) is 3.43. The summed E-state index contributed by atoms with van der Waals surface area (Å²) >= 11 is 0. The molecule has 0 radical (unpaired) electrons. The summed E-state index contributed by atoms with van der Waals surface area (Å²) in [5.41, 5.74) is 6.14. The molecule has 1 heterocycles. The molecular weight excluding hydrogens is 282 g/mol. The average molecular weight is 307 g/mol. The van der Waals surface area contributed by atoms with Gasteiger partial charge in [0.25, 0.3) is 0 Å². The Bertz CT molecular complexity index is 705. The lowest BCUT2D eigenvalue weighted by Gasteiger charge is -2.38. The second kappa shape index (κ2) is 6.57. The molecule has 0 N–H and O–H groups in total. The van der Waals surface area contributed by atoms with Crippen molar-refractivity contribution in [1.29, 1.82) is 0 Å². The van der Waals surface area contributed by atoms with Gasteiger partial charge in [-0.25, -0.2) is 0 Å². The van der Waals surface area contributed by atoms with Crippen LogP contribution in [0.3, 0.4) is 0 Å². The number of rotatable bonds is 5. The van der Waals surface area contributed by atoms with Crippen molar-refractivity contribution in [2.45, 2.75) is 45.6 Å². The minimum Gasteiger partial charge on any atom is -0.357 e. The summed E-state index contributed by atoms with van der Waals surface area (Å²) in [6.45, 7) is 7.55. The highest BCUT2D eigenvalue weighted by Crippen LogP contribution is 2.45. The Morgan fingerprint density at radius 3 is 2.61 bits per heavy atom. The zero-order valence-electron chi connectivity index (χ0n) is 14.3. The van der Waals surface area contributed by atoms with E-state index in [4.69, 9.17) is 0 Å². The van der Waals surface area contributed by atoms with E-state index in [-0.39, 0.29) is 6.04 Å². The SMILES string of the molecule is CCCCN1c2ccc(C(C)C)cc2-c2ccccc2C1C=O. The molecule has 120 valence electrons. The summed E-state index contributed by atoms with van der Waals surface area (Å²) in [5, 5.41) is 0. The quantitative estimate of drug-likeness (QED) is 0.695. The Kier molecular flexibility index (Phi) is 4.51. The van der Waals surface area contributed by atoms with Crippen LogP contribution >= 0.6 is 0 Å². The van der Waals surface area contributed by atoms with Crippen LogP contribution in [-0.4, -0.2) is 12.8 Å². The molecule has 23 heavy (non-hydrogen) atoms. The number of aldehydes is 1. The molecule has 0 bridgehead atoms. The predicted molar refractivity (Wildman–Crippen MR) is 97.0 cm³/mol. The number of hydrogen-bond donors (Lipinski definition) is 0. The third-order valence-electron chi connectivity index (χ3n) is 4.78. The van der Waals surface area contributed by atoms with Crippen LogP contribution in [-0.2, 0) is 4.79 Å². The van der Waals surface area contributed by atoms with Gasteiger partial charge in [0.15, 0.2) is 0 Å². The molecule has 3 rings (SSSR count). The Morgan fingerprint density at radius 2 is 1.91 bits per heavy atom. The Labute approximate surface area is 139 Å². The van der Waals surface area contributed by atoms with Gasteiger partial charge in [-0.05, 0) is 41.2 Å². The number of unbranched alkanes of at least 4 members (excludes halogenated alkanes) is 1. The molecule has 0 amide bonds. The summed E-state index contributed by atoms with van der Waals surface area (Å²) in [4.78, 5) is 14.1. The van der Waals surface area contributed by atoms with Crippen LogP contribution in [0.2, 0.25) is 0 Å². The Hall–Kier alpha value is -2.09. The molecular formula is C21H25NO. The molecule has 0 spiro atoms. The van der Waals surface area contributed by atoms with Crippen molar-refractivity contribution in [2.24, 2.45) is 0 Å². The van der Waals surface area contributed by atoms with Gasteiger partial charge in [-0.1, -0.05) is 57.5 Å². The lowest BCUT2D eigenvalue weighted by Crippen LogP contribution is -2.34. The molecule has 0 aliphatic carbocycles. The van der Waals surface area contributed by atoms with Crippen LogP contribution in [0.5, 0.6) is 0 Å². The molecule has 0 saturated heterocycles. The number of hydrogen-bond acceptors (Lipinski definition) is 2. The Balaban J connectivity index is 2.18. The number of carbonyl (C=O) groups excluding carboxylic acids is 1. The first-order valence-corrected chi connectivity index (χ1v) is 8.62. The maximum atomic E-state index is 11.8. The summed E-state index contributed by atoms with van der Waals surface area (Å²) in [7, 11) is 0. The van der Waals surface area contributed by atoms with Crippen molar-refractivity contribution in [2.75, 3.05) is 11.4 Å². The van der Waals surface area contributed by atoms with E-state index in [9.17, 15) is 4.79 Å². The van der Waals surface area contributed by atoms with E-state index in [1.807, 2.05) is 6.07 Å². The second-order valence-corrected chi connectivity index (χ2v) is 6.65. The molecule has 2 aromatic rings. The standard InChI is InChI=1S/C21H25NO/c1-4-5-12-22-20-11-10-16(15(2)3)13-19(20)17-8-6-7-9-18(17)21(22)14-23/h6-11,13-15,21H,4-5,12H2,1-3H3. The lowest BCUT2D eigenvalue weighted by atomic mass is 9.86. The first-order chi connectivity index (χ1) is 11.2. The van der Waals surface area contributed by atoms with Gasteiger partial charge >= 0.3 is 0 Å². The van der Waals surface area contributed by atoms with Gasteiger partial charge in [0.2, 0.25) is 0 Å². The number of nitrogens with zero attached hydrogens (tertiary/aromatic N) is 1. The van der Waals surface area contributed by atoms with Gasteiger partial charge in [-0.2, -0.15) is 0 Å². The molecule has 0 fully saturated rings. The van der Waals surface area contributed by atoms with Crippen molar-refractivity contribution in [3.8, 4) is 11.1 Å². The van der Waals surface area contributed by atoms with Crippen LogP contribution in [0, 0.1) is 0 Å². The fourth-order valence-corrected chi connectivity index (χ4v) is 3.43. The van der Waals surface area contributed by atoms with E-state index in [0.29, 0.717) is 5.92 Å².